The molecule has 0 bridgehead atoms. The first kappa shape index (κ1) is 13.5. The molecule has 6 nitrogen and oxygen atoms in total. The Balaban J connectivity index is 2.11. The fraction of sp³-hybridized carbons (Fsp3) is 1.00. The highest BCUT2D eigenvalue weighted by molar-refractivity contribution is 7.94. The van der Waals surface area contributed by atoms with Gasteiger partial charge in [0.25, 0.3) is 0 Å². The van der Waals surface area contributed by atoms with E-state index < -0.39 is 0 Å². The van der Waals surface area contributed by atoms with Gasteiger partial charge in [-0.05, 0) is 20.4 Å². The first-order valence-electron chi connectivity index (χ1n) is 4.69. The van der Waals surface area contributed by atoms with Crippen molar-refractivity contribution < 1.29 is 14.6 Å². The number of rotatable bonds is 6. The van der Waals surface area contributed by atoms with E-state index in [0.717, 1.165) is 30.8 Å². The third-order valence-corrected chi connectivity index (χ3v) is 3.50. The second kappa shape index (κ2) is 6.92. The van der Waals surface area contributed by atoms with Crippen molar-refractivity contribution in [1.82, 2.24) is 15.3 Å². The van der Waals surface area contributed by atoms with E-state index in [1.807, 2.05) is 7.05 Å². The summed E-state index contributed by atoms with van der Waals surface area (Å²) in [5.41, 5.74) is 3.31. The number of thiol groups is 1. The van der Waals surface area contributed by atoms with Gasteiger partial charge < -0.3 is 0 Å². The van der Waals surface area contributed by atoms with Gasteiger partial charge in [-0.25, -0.2) is 15.7 Å². The van der Waals surface area contributed by atoms with Crippen LogP contribution in [0.4, 0.5) is 0 Å². The van der Waals surface area contributed by atoms with Crippen LogP contribution in [-0.4, -0.2) is 46.2 Å². The van der Waals surface area contributed by atoms with E-state index >= 15 is 0 Å². The van der Waals surface area contributed by atoms with Crippen LogP contribution >= 0.6 is 24.7 Å². The molecule has 2 unspecified atom stereocenters. The molecule has 0 spiro atoms. The molecular weight excluding hydrogens is 238 g/mol. The molecule has 0 radical (unpaired) electrons. The van der Waals surface area contributed by atoms with E-state index in [4.69, 9.17) is 5.26 Å². The molecule has 1 rings (SSSR count). The molecule has 0 aromatic rings. The van der Waals surface area contributed by atoms with E-state index in [-0.39, 0.29) is 5.50 Å². The highest BCUT2D eigenvalue weighted by Crippen LogP contribution is 2.16. The standard InChI is InChI=1S/C7H17N3O3S2/c1-6-9(2)7(14)8-10(6)4-3-5-15-13-12-11/h6-8,11,14H,3-5H2,1-2H3. The van der Waals surface area contributed by atoms with Gasteiger partial charge in [-0.15, -0.1) is 17.0 Å². The quantitative estimate of drug-likeness (QED) is 0.213. The number of hydrogen-bond donors (Lipinski definition) is 3. The Morgan fingerprint density at radius 2 is 2.33 bits per heavy atom. The van der Waals surface area contributed by atoms with Crippen molar-refractivity contribution in [1.29, 1.82) is 0 Å². The zero-order valence-electron chi connectivity index (χ0n) is 8.79. The molecule has 2 N–H and O–H groups in total. The lowest BCUT2D eigenvalue weighted by Crippen LogP contribution is -2.38. The molecule has 0 saturated carbocycles. The van der Waals surface area contributed by atoms with E-state index in [1.165, 1.54) is 0 Å². The minimum absolute atomic E-state index is 0.0738. The van der Waals surface area contributed by atoms with Crippen LogP contribution in [0.2, 0.25) is 0 Å². The first-order valence-corrected chi connectivity index (χ1v) is 6.12. The van der Waals surface area contributed by atoms with Crippen LogP contribution in [0.15, 0.2) is 0 Å². The van der Waals surface area contributed by atoms with Crippen LogP contribution < -0.4 is 5.43 Å². The lowest BCUT2D eigenvalue weighted by molar-refractivity contribution is -0.432. The molecule has 15 heavy (non-hydrogen) atoms. The molecule has 0 aromatic carbocycles. The Morgan fingerprint density at radius 3 is 2.87 bits per heavy atom. The Labute approximate surface area is 99.3 Å². The molecule has 1 heterocycles. The summed E-state index contributed by atoms with van der Waals surface area (Å²) in [5.74, 6) is 0.756. The monoisotopic (exact) mass is 255 g/mol. The van der Waals surface area contributed by atoms with E-state index in [0.29, 0.717) is 6.17 Å². The topological polar surface area (TPSA) is 57.2 Å². The Hall–Kier alpha value is 0.460. The van der Waals surface area contributed by atoms with Gasteiger partial charge in [-0.2, -0.15) is 0 Å². The second-order valence-electron chi connectivity index (χ2n) is 3.31. The van der Waals surface area contributed by atoms with Gasteiger partial charge in [0, 0.05) is 24.3 Å². The van der Waals surface area contributed by atoms with Gasteiger partial charge >= 0.3 is 0 Å². The Morgan fingerprint density at radius 1 is 1.60 bits per heavy atom. The Kier molecular flexibility index (Phi) is 6.24. The van der Waals surface area contributed by atoms with Gasteiger partial charge in [-0.1, -0.05) is 5.04 Å². The first-order chi connectivity index (χ1) is 7.16. The molecule has 8 heteroatoms. The summed E-state index contributed by atoms with van der Waals surface area (Å²) in [6, 6.07) is 0. The summed E-state index contributed by atoms with van der Waals surface area (Å²) in [6.07, 6.45) is 1.26. The van der Waals surface area contributed by atoms with Crippen LogP contribution in [0.25, 0.3) is 0 Å². The summed E-state index contributed by atoms with van der Waals surface area (Å²) in [5, 5.41) is 13.5. The molecule has 1 aliphatic heterocycles. The average Bonchev–Trinajstić information content (AvgIpc) is 2.46. The summed E-state index contributed by atoms with van der Waals surface area (Å²) >= 11 is 5.45. The number of nitrogens with one attached hydrogen (secondary N) is 1. The summed E-state index contributed by atoms with van der Waals surface area (Å²) < 4.78 is 4.28. The highest BCUT2D eigenvalue weighted by Gasteiger charge is 2.30. The molecule has 0 aromatic heterocycles. The predicted molar refractivity (Wildman–Crippen MR) is 61.7 cm³/mol. The molecular formula is C7H17N3O3S2. The maximum atomic E-state index is 7.91. The third kappa shape index (κ3) is 4.08. The number of hydrogen-bond acceptors (Lipinski definition) is 8. The molecule has 1 saturated heterocycles. The van der Waals surface area contributed by atoms with Crippen molar-refractivity contribution in [2.24, 2.45) is 0 Å². The smallest absolute Gasteiger partial charge is 0.119 e. The minimum atomic E-state index is 0.0738. The largest absolute Gasteiger partial charge is 0.265 e. The lowest BCUT2D eigenvalue weighted by Gasteiger charge is -2.22. The second-order valence-corrected chi connectivity index (χ2v) is 4.58. The molecule has 1 aliphatic rings. The molecule has 1 fully saturated rings. The van der Waals surface area contributed by atoms with Crippen molar-refractivity contribution in [2.75, 3.05) is 19.3 Å². The van der Waals surface area contributed by atoms with Crippen molar-refractivity contribution in [2.45, 2.75) is 25.0 Å². The van der Waals surface area contributed by atoms with Crippen molar-refractivity contribution in [3.63, 3.8) is 0 Å². The number of hydrazine groups is 1. The zero-order valence-corrected chi connectivity index (χ0v) is 10.5. The molecule has 0 amide bonds. The summed E-state index contributed by atoms with van der Waals surface area (Å²) in [7, 11) is 2.02. The SMILES string of the molecule is CC1N(CCCSOOO)NC(S)N1C. The van der Waals surface area contributed by atoms with E-state index in [2.05, 4.69) is 44.3 Å². The van der Waals surface area contributed by atoms with Gasteiger partial charge in [0.2, 0.25) is 0 Å². The molecule has 2 atom stereocenters. The van der Waals surface area contributed by atoms with Crippen LogP contribution in [0.1, 0.15) is 13.3 Å². The lowest BCUT2D eigenvalue weighted by atomic mass is 10.4. The zero-order chi connectivity index (χ0) is 11.3. The van der Waals surface area contributed by atoms with Crippen LogP contribution in [0.5, 0.6) is 0 Å². The Bertz CT molecular complexity index is 189. The van der Waals surface area contributed by atoms with Crippen molar-refractivity contribution in [3.8, 4) is 0 Å². The number of nitrogens with zero attached hydrogens (tertiary/aromatic N) is 2. The predicted octanol–water partition coefficient (Wildman–Crippen LogP) is 0.757. The van der Waals surface area contributed by atoms with E-state index in [1.54, 1.807) is 0 Å². The van der Waals surface area contributed by atoms with Crippen molar-refractivity contribution in [3.05, 3.63) is 0 Å². The van der Waals surface area contributed by atoms with E-state index in [9.17, 15) is 0 Å². The van der Waals surface area contributed by atoms with Crippen LogP contribution in [-0.2, 0) is 9.37 Å². The van der Waals surface area contributed by atoms with Gasteiger partial charge in [0.05, 0.1) is 6.17 Å². The fourth-order valence-electron chi connectivity index (χ4n) is 1.37. The summed E-state index contributed by atoms with van der Waals surface area (Å²) in [4.78, 5) is 2.13. The van der Waals surface area contributed by atoms with Gasteiger partial charge in [0.15, 0.2) is 0 Å². The third-order valence-electron chi connectivity index (χ3n) is 2.41. The maximum Gasteiger partial charge on any atom is 0.119 e. The van der Waals surface area contributed by atoms with Crippen molar-refractivity contribution >= 4 is 24.7 Å². The highest BCUT2D eigenvalue weighted by atomic mass is 32.2. The van der Waals surface area contributed by atoms with Gasteiger partial charge in [0.1, 0.15) is 5.50 Å². The fourth-order valence-corrected chi connectivity index (χ4v) is 2.07. The molecule has 90 valence electrons. The minimum Gasteiger partial charge on any atom is -0.265 e. The summed E-state index contributed by atoms with van der Waals surface area (Å²) in [6.45, 7) is 3.01. The maximum absolute atomic E-state index is 7.91. The molecule has 0 aliphatic carbocycles. The van der Waals surface area contributed by atoms with Crippen LogP contribution in [0, 0.1) is 0 Å². The van der Waals surface area contributed by atoms with Gasteiger partial charge in [-0.3, -0.25) is 4.90 Å². The van der Waals surface area contributed by atoms with Crippen LogP contribution in [0.3, 0.4) is 0 Å². The normalized spacial score (nSPS) is 28.8. The average molecular weight is 255 g/mol.